The van der Waals surface area contributed by atoms with Gasteiger partial charge in [-0.2, -0.15) is 0 Å². The highest BCUT2D eigenvalue weighted by Crippen LogP contribution is 2.22. The lowest BCUT2D eigenvalue weighted by molar-refractivity contribution is -0.124. The lowest BCUT2D eigenvalue weighted by Crippen LogP contribution is -2.36. The minimum Gasteiger partial charge on any atom is -0.442 e. The molecular formula is C15H20N2O3. The zero-order valence-electron chi connectivity index (χ0n) is 12.1. The number of carbonyl (C=O) groups is 2. The van der Waals surface area contributed by atoms with Crippen molar-refractivity contribution in [1.82, 2.24) is 5.32 Å². The molecule has 0 spiro atoms. The average molecular weight is 276 g/mol. The molecule has 0 bridgehead atoms. The van der Waals surface area contributed by atoms with Crippen LogP contribution >= 0.6 is 0 Å². The molecule has 1 heterocycles. The van der Waals surface area contributed by atoms with Crippen molar-refractivity contribution in [1.29, 1.82) is 0 Å². The predicted molar refractivity (Wildman–Crippen MR) is 76.6 cm³/mol. The summed E-state index contributed by atoms with van der Waals surface area (Å²) in [5.74, 6) is -0.102. The van der Waals surface area contributed by atoms with E-state index >= 15 is 0 Å². The highest BCUT2D eigenvalue weighted by atomic mass is 16.6. The van der Waals surface area contributed by atoms with Crippen molar-refractivity contribution in [3.8, 4) is 0 Å². The molecule has 20 heavy (non-hydrogen) atoms. The summed E-state index contributed by atoms with van der Waals surface area (Å²) in [5, 5.41) is 2.79. The second-order valence-corrected chi connectivity index (χ2v) is 5.36. The Morgan fingerprint density at radius 3 is 2.90 bits per heavy atom. The van der Waals surface area contributed by atoms with Crippen LogP contribution in [0.3, 0.4) is 0 Å². The predicted octanol–water partition coefficient (Wildman–Crippen LogP) is 2.09. The Hall–Kier alpha value is -2.04. The molecule has 2 amide bonds. The summed E-state index contributed by atoms with van der Waals surface area (Å²) in [6, 6.07) is 7.71. The maximum atomic E-state index is 11.9. The Labute approximate surface area is 118 Å². The summed E-state index contributed by atoms with van der Waals surface area (Å²) in [5.41, 5.74) is 1.92. The summed E-state index contributed by atoms with van der Waals surface area (Å²) in [7, 11) is 0. The van der Waals surface area contributed by atoms with Gasteiger partial charge < -0.3 is 10.1 Å². The number of cyclic esters (lactones) is 1. The first-order valence-corrected chi connectivity index (χ1v) is 6.80. The number of anilines is 1. The third-order valence-corrected chi connectivity index (χ3v) is 3.22. The second-order valence-electron chi connectivity index (χ2n) is 5.36. The number of carbonyl (C=O) groups excluding carboxylic acids is 2. The molecule has 1 aromatic carbocycles. The normalized spacial score (nSPS) is 18.3. The summed E-state index contributed by atoms with van der Waals surface area (Å²) in [6.07, 6.45) is -0.662. The molecule has 1 N–H and O–H groups in total. The fourth-order valence-electron chi connectivity index (χ4n) is 2.05. The summed E-state index contributed by atoms with van der Waals surface area (Å²) >= 11 is 0. The first kappa shape index (κ1) is 14.4. The first-order chi connectivity index (χ1) is 9.47. The molecule has 1 atom stereocenters. The van der Waals surface area contributed by atoms with Crippen LogP contribution in [0.5, 0.6) is 0 Å². The van der Waals surface area contributed by atoms with Crippen molar-refractivity contribution < 1.29 is 14.3 Å². The van der Waals surface area contributed by atoms with Crippen LogP contribution in [0.25, 0.3) is 0 Å². The van der Waals surface area contributed by atoms with Crippen LogP contribution in [0.1, 0.15) is 19.4 Å². The van der Waals surface area contributed by atoms with Gasteiger partial charge in [-0.05, 0) is 24.6 Å². The summed E-state index contributed by atoms with van der Waals surface area (Å²) in [4.78, 5) is 25.0. The Morgan fingerprint density at radius 1 is 1.50 bits per heavy atom. The van der Waals surface area contributed by atoms with Gasteiger partial charge in [0.25, 0.3) is 0 Å². The zero-order chi connectivity index (χ0) is 14.7. The smallest absolute Gasteiger partial charge is 0.414 e. The molecule has 5 nitrogen and oxygen atoms in total. The van der Waals surface area contributed by atoms with Gasteiger partial charge in [0.1, 0.15) is 6.10 Å². The van der Waals surface area contributed by atoms with Crippen LogP contribution in [0.4, 0.5) is 10.5 Å². The third kappa shape index (κ3) is 3.29. The number of hydrogen-bond acceptors (Lipinski definition) is 3. The maximum Gasteiger partial charge on any atom is 0.414 e. The Morgan fingerprint density at radius 2 is 2.25 bits per heavy atom. The van der Waals surface area contributed by atoms with Crippen LogP contribution in [-0.4, -0.2) is 31.2 Å². The highest BCUT2D eigenvalue weighted by molar-refractivity contribution is 5.90. The van der Waals surface area contributed by atoms with E-state index < -0.39 is 0 Å². The average Bonchev–Trinajstić information content (AvgIpc) is 2.77. The monoisotopic (exact) mass is 276 g/mol. The molecule has 108 valence electrons. The minimum atomic E-state index is -0.362. The molecule has 1 aliphatic rings. The SMILES string of the molecule is Cc1cccc(N2CC(CNC(=O)C(C)C)OC2=O)c1. The largest absolute Gasteiger partial charge is 0.442 e. The Balaban J connectivity index is 1.95. The molecule has 1 saturated heterocycles. The van der Waals surface area contributed by atoms with E-state index in [1.807, 2.05) is 45.0 Å². The van der Waals surface area contributed by atoms with Crippen LogP contribution in [0.15, 0.2) is 24.3 Å². The molecule has 5 heteroatoms. The lowest BCUT2D eigenvalue weighted by Gasteiger charge is -2.14. The minimum absolute atomic E-state index is 0.0324. The second kappa shape index (κ2) is 5.94. The molecule has 2 rings (SSSR count). The van der Waals surface area contributed by atoms with Crippen LogP contribution in [0.2, 0.25) is 0 Å². The van der Waals surface area contributed by atoms with E-state index in [0.29, 0.717) is 13.1 Å². The van der Waals surface area contributed by atoms with E-state index in [-0.39, 0.29) is 24.0 Å². The number of nitrogens with one attached hydrogen (secondary N) is 1. The number of aryl methyl sites for hydroxylation is 1. The van der Waals surface area contributed by atoms with Gasteiger partial charge in [-0.15, -0.1) is 0 Å². The lowest BCUT2D eigenvalue weighted by atomic mass is 10.2. The van der Waals surface area contributed by atoms with Crippen molar-refractivity contribution in [3.05, 3.63) is 29.8 Å². The number of hydrogen-bond donors (Lipinski definition) is 1. The van der Waals surface area contributed by atoms with Gasteiger partial charge >= 0.3 is 6.09 Å². The quantitative estimate of drug-likeness (QED) is 0.916. The summed E-state index contributed by atoms with van der Waals surface area (Å²) < 4.78 is 5.27. The van der Waals surface area contributed by atoms with E-state index in [1.165, 1.54) is 0 Å². The molecular weight excluding hydrogens is 256 g/mol. The Bertz CT molecular complexity index is 514. The topological polar surface area (TPSA) is 58.6 Å². The number of amides is 2. The first-order valence-electron chi connectivity index (χ1n) is 6.80. The van der Waals surface area contributed by atoms with E-state index in [4.69, 9.17) is 4.74 Å². The van der Waals surface area contributed by atoms with Gasteiger partial charge in [-0.3, -0.25) is 9.69 Å². The van der Waals surface area contributed by atoms with E-state index in [9.17, 15) is 9.59 Å². The van der Waals surface area contributed by atoms with Gasteiger partial charge in [-0.25, -0.2) is 4.79 Å². The Kier molecular flexibility index (Phi) is 4.27. The molecule has 1 aromatic rings. The highest BCUT2D eigenvalue weighted by Gasteiger charge is 2.32. The van der Waals surface area contributed by atoms with Crippen molar-refractivity contribution in [3.63, 3.8) is 0 Å². The van der Waals surface area contributed by atoms with E-state index in [2.05, 4.69) is 5.32 Å². The molecule has 0 saturated carbocycles. The van der Waals surface area contributed by atoms with Gasteiger partial charge in [0.15, 0.2) is 0 Å². The molecule has 1 unspecified atom stereocenters. The van der Waals surface area contributed by atoms with Crippen molar-refractivity contribution in [2.75, 3.05) is 18.0 Å². The summed E-state index contributed by atoms with van der Waals surface area (Å²) in [6.45, 7) is 6.45. The molecule has 1 aliphatic heterocycles. The number of benzene rings is 1. The van der Waals surface area contributed by atoms with Crippen molar-refractivity contribution in [2.24, 2.45) is 5.92 Å². The fraction of sp³-hybridized carbons (Fsp3) is 0.467. The molecule has 0 aromatic heterocycles. The number of ether oxygens (including phenoxy) is 1. The van der Waals surface area contributed by atoms with Crippen LogP contribution < -0.4 is 10.2 Å². The van der Waals surface area contributed by atoms with E-state index in [1.54, 1.807) is 4.90 Å². The standard InChI is InChI=1S/C15H20N2O3/c1-10(2)14(18)16-8-13-9-17(15(19)20-13)12-6-4-5-11(3)7-12/h4-7,10,13H,8-9H2,1-3H3,(H,16,18). The van der Waals surface area contributed by atoms with Crippen LogP contribution in [-0.2, 0) is 9.53 Å². The fourth-order valence-corrected chi connectivity index (χ4v) is 2.05. The zero-order valence-corrected chi connectivity index (χ0v) is 12.1. The van der Waals surface area contributed by atoms with Gasteiger partial charge in [0, 0.05) is 11.6 Å². The van der Waals surface area contributed by atoms with Gasteiger partial charge in [0.2, 0.25) is 5.91 Å². The third-order valence-electron chi connectivity index (χ3n) is 3.22. The van der Waals surface area contributed by atoms with Crippen molar-refractivity contribution >= 4 is 17.7 Å². The molecule has 0 aliphatic carbocycles. The number of rotatable bonds is 4. The molecule has 1 fully saturated rings. The molecule has 0 radical (unpaired) electrons. The van der Waals surface area contributed by atoms with Gasteiger partial charge in [-0.1, -0.05) is 26.0 Å². The number of nitrogens with zero attached hydrogens (tertiary/aromatic N) is 1. The van der Waals surface area contributed by atoms with E-state index in [0.717, 1.165) is 11.3 Å². The van der Waals surface area contributed by atoms with Gasteiger partial charge in [0.05, 0.1) is 13.1 Å². The van der Waals surface area contributed by atoms with Crippen molar-refractivity contribution in [2.45, 2.75) is 26.9 Å². The van der Waals surface area contributed by atoms with Crippen LogP contribution in [0, 0.1) is 12.8 Å². The maximum absolute atomic E-state index is 11.9.